The minimum Gasteiger partial charge on any atom is -0.496 e. The quantitative estimate of drug-likeness (QED) is 0.936. The molecule has 0 atom stereocenters. The Morgan fingerprint density at radius 3 is 2.94 bits per heavy atom. The van der Waals surface area contributed by atoms with E-state index in [4.69, 9.17) is 4.74 Å². The summed E-state index contributed by atoms with van der Waals surface area (Å²) in [7, 11) is 1.67. The average molecular weight is 293 g/mol. The number of halogens is 1. The largest absolute Gasteiger partial charge is 0.496 e. The summed E-state index contributed by atoms with van der Waals surface area (Å²) in [6, 6.07) is 7.86. The predicted octanol–water partition coefficient (Wildman–Crippen LogP) is 3.56. The molecule has 88 valence electrons. The lowest BCUT2D eigenvalue weighted by atomic mass is 10.1. The molecular formula is C13H13BrN2O. The lowest BCUT2D eigenvalue weighted by molar-refractivity contribution is 0.420. The van der Waals surface area contributed by atoms with Crippen molar-refractivity contribution in [3.63, 3.8) is 0 Å². The summed E-state index contributed by atoms with van der Waals surface area (Å²) in [5.74, 6) is 1.69. The summed E-state index contributed by atoms with van der Waals surface area (Å²) in [6.45, 7) is 4.43. The van der Waals surface area contributed by atoms with E-state index in [1.807, 2.05) is 24.3 Å². The molecule has 0 radical (unpaired) electrons. The van der Waals surface area contributed by atoms with Crippen LogP contribution >= 0.6 is 15.9 Å². The zero-order valence-corrected chi connectivity index (χ0v) is 11.1. The molecule has 2 aromatic rings. The monoisotopic (exact) mass is 292 g/mol. The van der Waals surface area contributed by atoms with Gasteiger partial charge in [0.2, 0.25) is 0 Å². The number of benzene rings is 1. The Balaban J connectivity index is 2.46. The number of methoxy groups -OCH3 is 1. The van der Waals surface area contributed by atoms with Gasteiger partial charge in [0, 0.05) is 28.0 Å². The van der Waals surface area contributed by atoms with E-state index in [2.05, 4.69) is 32.8 Å². The normalized spacial score (nSPS) is 10.2. The number of pyridine rings is 1. The Hall–Kier alpha value is -1.55. The maximum absolute atomic E-state index is 5.33. The number of nitrogens with zero attached hydrogens (tertiary/aromatic N) is 1. The summed E-state index contributed by atoms with van der Waals surface area (Å²) in [4.78, 5) is 4.33. The summed E-state index contributed by atoms with van der Waals surface area (Å²) in [6.07, 6.45) is 1.77. The Morgan fingerprint density at radius 1 is 1.41 bits per heavy atom. The van der Waals surface area contributed by atoms with Gasteiger partial charge < -0.3 is 10.1 Å². The summed E-state index contributed by atoms with van der Waals surface area (Å²) >= 11 is 3.31. The Bertz CT molecular complexity index is 554. The molecule has 0 amide bonds. The van der Waals surface area contributed by atoms with Crippen LogP contribution in [0.5, 0.6) is 5.75 Å². The first kappa shape index (κ1) is 11.9. The minimum absolute atomic E-state index is 0.642. The van der Waals surface area contributed by atoms with E-state index in [0.717, 1.165) is 26.8 Å². The van der Waals surface area contributed by atoms with E-state index in [1.165, 1.54) is 0 Å². The van der Waals surface area contributed by atoms with Gasteiger partial charge in [0.05, 0.1) is 7.11 Å². The Morgan fingerprint density at radius 2 is 2.24 bits per heavy atom. The zero-order valence-electron chi connectivity index (χ0n) is 9.53. The first-order chi connectivity index (χ1) is 8.22. The molecule has 4 heteroatoms. The smallest absolute Gasteiger partial charge is 0.134 e. The van der Waals surface area contributed by atoms with E-state index < -0.39 is 0 Å². The second-order valence-corrected chi connectivity index (χ2v) is 4.71. The van der Waals surface area contributed by atoms with Crippen LogP contribution in [0.25, 0.3) is 10.8 Å². The van der Waals surface area contributed by atoms with Crippen molar-refractivity contribution >= 4 is 32.5 Å². The van der Waals surface area contributed by atoms with Crippen molar-refractivity contribution in [1.29, 1.82) is 0 Å². The number of anilines is 1. The van der Waals surface area contributed by atoms with Crippen LogP contribution in [-0.4, -0.2) is 18.6 Å². The molecule has 0 aliphatic carbocycles. The van der Waals surface area contributed by atoms with Gasteiger partial charge in [0.25, 0.3) is 0 Å². The highest BCUT2D eigenvalue weighted by atomic mass is 79.9. The van der Waals surface area contributed by atoms with Crippen LogP contribution in [0.3, 0.4) is 0 Å². The molecule has 0 spiro atoms. The number of ether oxygens (including phenoxy) is 1. The molecule has 0 saturated heterocycles. The van der Waals surface area contributed by atoms with E-state index in [1.54, 1.807) is 13.3 Å². The van der Waals surface area contributed by atoms with Gasteiger partial charge in [-0.2, -0.15) is 0 Å². The van der Waals surface area contributed by atoms with Gasteiger partial charge >= 0.3 is 0 Å². The third-order valence-corrected chi connectivity index (χ3v) is 2.71. The molecule has 1 aromatic heterocycles. The van der Waals surface area contributed by atoms with E-state index in [-0.39, 0.29) is 0 Å². The standard InChI is InChI=1S/C13H13BrN2O/c1-9(14)8-16-13-11-4-3-5-12(17-2)10(11)6-7-15-13/h3-7H,1,8H2,2H3,(H,15,16). The fourth-order valence-electron chi connectivity index (χ4n) is 1.68. The molecule has 0 aliphatic heterocycles. The van der Waals surface area contributed by atoms with Gasteiger partial charge in [0.1, 0.15) is 11.6 Å². The highest BCUT2D eigenvalue weighted by Gasteiger charge is 2.05. The lowest BCUT2D eigenvalue weighted by Crippen LogP contribution is -2.03. The summed E-state index contributed by atoms with van der Waals surface area (Å²) in [5.41, 5.74) is 0. The Kier molecular flexibility index (Phi) is 3.64. The molecule has 1 heterocycles. The second kappa shape index (κ2) is 5.19. The lowest BCUT2D eigenvalue weighted by Gasteiger charge is -2.10. The van der Waals surface area contributed by atoms with Gasteiger partial charge in [-0.15, -0.1) is 0 Å². The van der Waals surface area contributed by atoms with Crippen molar-refractivity contribution in [1.82, 2.24) is 4.98 Å². The van der Waals surface area contributed by atoms with Crippen molar-refractivity contribution < 1.29 is 4.74 Å². The SMILES string of the molecule is C=C(Br)CNc1nccc2c(OC)cccc12. The maximum Gasteiger partial charge on any atom is 0.134 e. The number of hydrogen-bond acceptors (Lipinski definition) is 3. The highest BCUT2D eigenvalue weighted by Crippen LogP contribution is 2.29. The van der Waals surface area contributed by atoms with Crippen LogP contribution in [0.15, 0.2) is 41.5 Å². The van der Waals surface area contributed by atoms with Crippen LogP contribution in [0, 0.1) is 0 Å². The number of rotatable bonds is 4. The van der Waals surface area contributed by atoms with Crippen molar-refractivity contribution in [3.05, 3.63) is 41.5 Å². The second-order valence-electron chi connectivity index (χ2n) is 3.59. The molecule has 0 aliphatic rings. The van der Waals surface area contributed by atoms with Gasteiger partial charge in [-0.1, -0.05) is 34.6 Å². The van der Waals surface area contributed by atoms with E-state index in [9.17, 15) is 0 Å². The van der Waals surface area contributed by atoms with Crippen LogP contribution in [0.2, 0.25) is 0 Å². The molecule has 0 saturated carbocycles. The molecule has 0 unspecified atom stereocenters. The molecule has 1 N–H and O–H groups in total. The van der Waals surface area contributed by atoms with Crippen molar-refractivity contribution in [3.8, 4) is 5.75 Å². The number of hydrogen-bond donors (Lipinski definition) is 1. The minimum atomic E-state index is 0.642. The van der Waals surface area contributed by atoms with E-state index >= 15 is 0 Å². The summed E-state index contributed by atoms with van der Waals surface area (Å²) < 4.78 is 6.21. The van der Waals surface area contributed by atoms with Gasteiger partial charge in [0.15, 0.2) is 0 Å². The highest BCUT2D eigenvalue weighted by molar-refractivity contribution is 9.11. The maximum atomic E-state index is 5.33. The number of nitrogens with one attached hydrogen (secondary N) is 1. The molecule has 0 bridgehead atoms. The van der Waals surface area contributed by atoms with Crippen molar-refractivity contribution in [2.75, 3.05) is 19.0 Å². The van der Waals surface area contributed by atoms with Gasteiger partial charge in [-0.3, -0.25) is 0 Å². The zero-order chi connectivity index (χ0) is 12.3. The van der Waals surface area contributed by atoms with Crippen LogP contribution < -0.4 is 10.1 Å². The average Bonchev–Trinajstić information content (AvgIpc) is 2.35. The molecule has 0 fully saturated rings. The third-order valence-electron chi connectivity index (χ3n) is 2.43. The fraction of sp³-hybridized carbons (Fsp3) is 0.154. The molecular weight excluding hydrogens is 280 g/mol. The summed E-state index contributed by atoms with van der Waals surface area (Å²) in [5, 5.41) is 5.32. The first-order valence-electron chi connectivity index (χ1n) is 5.21. The van der Waals surface area contributed by atoms with Crippen molar-refractivity contribution in [2.45, 2.75) is 0 Å². The first-order valence-corrected chi connectivity index (χ1v) is 6.00. The molecule has 1 aromatic carbocycles. The fourth-order valence-corrected chi connectivity index (χ4v) is 1.82. The van der Waals surface area contributed by atoms with E-state index in [0.29, 0.717) is 6.54 Å². The molecule has 17 heavy (non-hydrogen) atoms. The van der Waals surface area contributed by atoms with Crippen LogP contribution in [-0.2, 0) is 0 Å². The van der Waals surface area contributed by atoms with Crippen LogP contribution in [0.1, 0.15) is 0 Å². The van der Waals surface area contributed by atoms with Gasteiger partial charge in [-0.05, 0) is 12.1 Å². The topological polar surface area (TPSA) is 34.2 Å². The molecule has 3 nitrogen and oxygen atoms in total. The van der Waals surface area contributed by atoms with Gasteiger partial charge in [-0.25, -0.2) is 4.98 Å². The number of fused-ring (bicyclic) bond motifs is 1. The third kappa shape index (κ3) is 2.58. The van der Waals surface area contributed by atoms with Crippen LogP contribution in [0.4, 0.5) is 5.82 Å². The molecule has 2 rings (SSSR count). The number of aromatic nitrogens is 1. The van der Waals surface area contributed by atoms with Crippen molar-refractivity contribution in [2.24, 2.45) is 0 Å². The Labute approximate surface area is 109 Å². The predicted molar refractivity (Wildman–Crippen MR) is 74.9 cm³/mol.